The maximum atomic E-state index is 13.3. The molecule has 5 nitrogen and oxygen atoms in total. The van der Waals surface area contributed by atoms with Crippen LogP contribution in [0.3, 0.4) is 0 Å². The lowest BCUT2D eigenvalue weighted by Gasteiger charge is -2.32. The lowest BCUT2D eigenvalue weighted by atomic mass is 10.2. The van der Waals surface area contributed by atoms with Gasteiger partial charge >= 0.3 is 0 Å². The van der Waals surface area contributed by atoms with E-state index >= 15 is 0 Å². The van der Waals surface area contributed by atoms with Crippen LogP contribution in [0.1, 0.15) is 12.0 Å². The van der Waals surface area contributed by atoms with Crippen LogP contribution in [0, 0.1) is 5.82 Å². The van der Waals surface area contributed by atoms with E-state index < -0.39 is 5.25 Å². The quantitative estimate of drug-likeness (QED) is 0.446. The van der Waals surface area contributed by atoms with Crippen molar-refractivity contribution in [2.75, 3.05) is 5.32 Å². The Balaban J connectivity index is 1.60. The second-order valence-electron chi connectivity index (χ2n) is 7.29. The lowest BCUT2D eigenvalue weighted by Crippen LogP contribution is -2.44. The van der Waals surface area contributed by atoms with Crippen LogP contribution in [0.15, 0.2) is 77.8 Å². The molecule has 1 saturated heterocycles. The number of amides is 2. The fourth-order valence-corrected chi connectivity index (χ4v) is 4.59. The molecule has 4 rings (SSSR count). The maximum absolute atomic E-state index is 13.3. The standard InChI is InChI=1S/C24H18Cl2FN3O2S/c25-16-6-10-19(11-7-16)28-23(32)21-13-22(31)30(14-15-4-8-18(27)9-5-15)24(33-21)29-20-3-1-2-17(26)12-20/h1-12,21H,13-14H2,(H,28,32). The van der Waals surface area contributed by atoms with Gasteiger partial charge in [0, 0.05) is 22.2 Å². The van der Waals surface area contributed by atoms with Gasteiger partial charge in [-0.05, 0) is 60.2 Å². The molecule has 0 radical (unpaired) electrons. The highest BCUT2D eigenvalue weighted by atomic mass is 35.5. The Morgan fingerprint density at radius 3 is 2.48 bits per heavy atom. The summed E-state index contributed by atoms with van der Waals surface area (Å²) in [5, 5.41) is 3.58. The predicted molar refractivity (Wildman–Crippen MR) is 132 cm³/mol. The fraction of sp³-hybridized carbons (Fsp3) is 0.125. The van der Waals surface area contributed by atoms with Gasteiger partial charge in [0.15, 0.2) is 5.17 Å². The van der Waals surface area contributed by atoms with E-state index in [2.05, 4.69) is 10.3 Å². The Labute approximate surface area is 204 Å². The molecule has 33 heavy (non-hydrogen) atoms. The van der Waals surface area contributed by atoms with Crippen molar-refractivity contribution in [3.63, 3.8) is 0 Å². The van der Waals surface area contributed by atoms with Crippen LogP contribution in [0.4, 0.5) is 15.8 Å². The Morgan fingerprint density at radius 1 is 1.06 bits per heavy atom. The van der Waals surface area contributed by atoms with Gasteiger partial charge in [0.1, 0.15) is 11.1 Å². The molecule has 0 spiro atoms. The van der Waals surface area contributed by atoms with Crippen molar-refractivity contribution in [1.29, 1.82) is 0 Å². The average Bonchev–Trinajstić information content (AvgIpc) is 2.79. The number of nitrogens with one attached hydrogen (secondary N) is 1. The molecule has 1 fully saturated rings. The number of carbonyl (C=O) groups excluding carboxylic acids is 2. The predicted octanol–water partition coefficient (Wildman–Crippen LogP) is 6.29. The second-order valence-corrected chi connectivity index (χ2v) is 9.33. The first-order chi connectivity index (χ1) is 15.9. The zero-order valence-corrected chi connectivity index (χ0v) is 19.5. The van der Waals surface area contributed by atoms with E-state index in [-0.39, 0.29) is 30.6 Å². The fourth-order valence-electron chi connectivity index (χ4n) is 3.18. The Kier molecular flexibility index (Phi) is 7.33. The van der Waals surface area contributed by atoms with Crippen molar-refractivity contribution in [1.82, 2.24) is 4.90 Å². The largest absolute Gasteiger partial charge is 0.325 e. The maximum Gasteiger partial charge on any atom is 0.238 e. The first kappa shape index (κ1) is 23.3. The Morgan fingerprint density at radius 2 is 1.79 bits per heavy atom. The molecule has 2 amide bonds. The zero-order valence-electron chi connectivity index (χ0n) is 17.2. The second kappa shape index (κ2) is 10.4. The minimum absolute atomic E-state index is 0.000149. The normalized spacial score (nSPS) is 17.3. The number of hydrogen-bond donors (Lipinski definition) is 1. The SMILES string of the molecule is O=C(Nc1ccc(Cl)cc1)C1CC(=O)N(Cc2ccc(F)cc2)C(=Nc2cccc(Cl)c2)S1. The van der Waals surface area contributed by atoms with Crippen LogP contribution < -0.4 is 5.32 Å². The molecule has 0 saturated carbocycles. The Hall–Kier alpha value is -2.87. The van der Waals surface area contributed by atoms with Gasteiger partial charge in [-0.1, -0.05) is 53.2 Å². The Bertz CT molecular complexity index is 1200. The summed E-state index contributed by atoms with van der Waals surface area (Å²) in [4.78, 5) is 32.1. The molecule has 1 aliphatic heterocycles. The summed E-state index contributed by atoms with van der Waals surface area (Å²) in [5.74, 6) is -0.921. The minimum Gasteiger partial charge on any atom is -0.325 e. The number of hydrogen-bond acceptors (Lipinski definition) is 4. The molecule has 168 valence electrons. The molecular formula is C24H18Cl2FN3O2S. The van der Waals surface area contributed by atoms with Crippen LogP contribution in [0.25, 0.3) is 0 Å². The van der Waals surface area contributed by atoms with E-state index in [4.69, 9.17) is 23.2 Å². The number of halogens is 3. The number of amidine groups is 1. The van der Waals surface area contributed by atoms with Gasteiger partial charge in [-0.15, -0.1) is 0 Å². The number of thioether (sulfide) groups is 1. The van der Waals surface area contributed by atoms with Gasteiger partial charge in [-0.3, -0.25) is 14.5 Å². The van der Waals surface area contributed by atoms with E-state index in [9.17, 15) is 14.0 Å². The molecule has 3 aromatic carbocycles. The van der Waals surface area contributed by atoms with Gasteiger partial charge in [0.05, 0.1) is 12.2 Å². The molecule has 9 heteroatoms. The number of carbonyl (C=O) groups is 2. The van der Waals surface area contributed by atoms with Gasteiger partial charge in [-0.2, -0.15) is 0 Å². The first-order valence-corrected chi connectivity index (χ1v) is 11.6. The molecular weight excluding hydrogens is 484 g/mol. The van der Waals surface area contributed by atoms with Crippen molar-refractivity contribution >= 4 is 63.3 Å². The van der Waals surface area contributed by atoms with Gasteiger partial charge in [0.2, 0.25) is 11.8 Å². The third-order valence-electron chi connectivity index (χ3n) is 4.83. The molecule has 1 aliphatic rings. The van der Waals surface area contributed by atoms with Crippen molar-refractivity contribution in [3.05, 3.63) is 94.2 Å². The summed E-state index contributed by atoms with van der Waals surface area (Å²) < 4.78 is 13.3. The summed E-state index contributed by atoms with van der Waals surface area (Å²) in [6.07, 6.45) is -0.000149. The molecule has 0 bridgehead atoms. The summed E-state index contributed by atoms with van der Waals surface area (Å²) in [6.45, 7) is 0.205. The lowest BCUT2D eigenvalue weighted by molar-refractivity contribution is -0.129. The van der Waals surface area contributed by atoms with Crippen LogP contribution >= 0.6 is 35.0 Å². The topological polar surface area (TPSA) is 61.8 Å². The van der Waals surface area contributed by atoms with Gasteiger partial charge in [-0.25, -0.2) is 9.38 Å². The van der Waals surface area contributed by atoms with Crippen molar-refractivity contribution in [2.45, 2.75) is 18.2 Å². The molecule has 0 aliphatic carbocycles. The number of benzene rings is 3. The van der Waals surface area contributed by atoms with Crippen LogP contribution in [-0.4, -0.2) is 27.1 Å². The monoisotopic (exact) mass is 501 g/mol. The highest BCUT2D eigenvalue weighted by molar-refractivity contribution is 8.15. The summed E-state index contributed by atoms with van der Waals surface area (Å²) in [7, 11) is 0. The zero-order chi connectivity index (χ0) is 23.4. The summed E-state index contributed by atoms with van der Waals surface area (Å²) in [6, 6.07) is 19.6. The summed E-state index contributed by atoms with van der Waals surface area (Å²) >= 11 is 13.2. The number of nitrogens with zero attached hydrogens (tertiary/aromatic N) is 2. The molecule has 1 unspecified atom stereocenters. The third kappa shape index (κ3) is 6.13. The van der Waals surface area contributed by atoms with Gasteiger partial charge < -0.3 is 5.32 Å². The molecule has 1 N–H and O–H groups in total. The van der Waals surface area contributed by atoms with E-state index in [0.29, 0.717) is 26.6 Å². The highest BCUT2D eigenvalue weighted by Crippen LogP contribution is 2.31. The van der Waals surface area contributed by atoms with E-state index in [1.165, 1.54) is 28.8 Å². The number of rotatable bonds is 5. The smallest absolute Gasteiger partial charge is 0.238 e. The molecule has 1 atom stereocenters. The first-order valence-electron chi connectivity index (χ1n) is 9.99. The molecule has 3 aromatic rings. The third-order valence-corrected chi connectivity index (χ3v) is 6.51. The number of aliphatic imine (C=N–C) groups is 1. The van der Waals surface area contributed by atoms with Gasteiger partial charge in [0.25, 0.3) is 0 Å². The van der Waals surface area contributed by atoms with Crippen molar-refractivity contribution in [2.24, 2.45) is 4.99 Å². The average molecular weight is 502 g/mol. The molecule has 1 heterocycles. The highest BCUT2D eigenvalue weighted by Gasteiger charge is 2.36. The number of anilines is 1. The van der Waals surface area contributed by atoms with Crippen LogP contribution in [-0.2, 0) is 16.1 Å². The van der Waals surface area contributed by atoms with Crippen LogP contribution in [0.2, 0.25) is 10.0 Å². The van der Waals surface area contributed by atoms with E-state index in [0.717, 1.165) is 5.56 Å². The minimum atomic E-state index is -0.671. The molecule has 0 aromatic heterocycles. The van der Waals surface area contributed by atoms with Crippen molar-refractivity contribution in [3.8, 4) is 0 Å². The van der Waals surface area contributed by atoms with Crippen LogP contribution in [0.5, 0.6) is 0 Å². The van der Waals surface area contributed by atoms with E-state index in [1.54, 1.807) is 60.7 Å². The van der Waals surface area contributed by atoms with Crippen molar-refractivity contribution < 1.29 is 14.0 Å². The summed E-state index contributed by atoms with van der Waals surface area (Å²) in [5.41, 5.74) is 1.88. The van der Waals surface area contributed by atoms with E-state index in [1.807, 2.05) is 0 Å².